The number of aryl methyl sites for hydroxylation is 3. The molecule has 5 heteroatoms. The summed E-state index contributed by atoms with van der Waals surface area (Å²) in [4.78, 5) is 17.7. The van der Waals surface area contributed by atoms with Crippen molar-refractivity contribution in [3.8, 4) is 5.75 Å². The van der Waals surface area contributed by atoms with Gasteiger partial charge in [-0.3, -0.25) is 4.79 Å². The first kappa shape index (κ1) is 20.7. The Hall–Kier alpha value is -3.60. The van der Waals surface area contributed by atoms with Crippen molar-refractivity contribution < 1.29 is 9.53 Å². The van der Waals surface area contributed by atoms with Gasteiger partial charge in [0.05, 0.1) is 12.8 Å². The van der Waals surface area contributed by atoms with E-state index in [0.29, 0.717) is 6.42 Å². The van der Waals surface area contributed by atoms with Gasteiger partial charge in [0.25, 0.3) is 0 Å². The number of fused-ring (bicyclic) bond motifs is 1. The lowest BCUT2D eigenvalue weighted by molar-refractivity contribution is -0.116. The van der Waals surface area contributed by atoms with Crippen LogP contribution in [0.5, 0.6) is 5.75 Å². The third kappa shape index (κ3) is 4.31. The highest BCUT2D eigenvalue weighted by Crippen LogP contribution is 2.32. The predicted octanol–water partition coefficient (Wildman–Crippen LogP) is 5.43. The number of ether oxygens (including phenoxy) is 1. The molecule has 0 saturated heterocycles. The third-order valence-corrected chi connectivity index (χ3v) is 5.79. The van der Waals surface area contributed by atoms with Gasteiger partial charge < -0.3 is 14.5 Å². The van der Waals surface area contributed by atoms with E-state index in [1.807, 2.05) is 80.8 Å². The molecule has 0 spiro atoms. The van der Waals surface area contributed by atoms with Crippen molar-refractivity contribution in [3.63, 3.8) is 0 Å². The number of nitrogens with one attached hydrogen (secondary N) is 1. The number of amides is 1. The first-order valence-electron chi connectivity index (χ1n) is 10.4. The van der Waals surface area contributed by atoms with E-state index < -0.39 is 0 Å². The number of methoxy groups -OCH3 is 1. The Labute approximate surface area is 182 Å². The fourth-order valence-electron chi connectivity index (χ4n) is 3.90. The van der Waals surface area contributed by atoms with Gasteiger partial charge >= 0.3 is 0 Å². The second kappa shape index (κ2) is 8.64. The lowest BCUT2D eigenvalue weighted by Gasteiger charge is -2.18. The van der Waals surface area contributed by atoms with E-state index in [-0.39, 0.29) is 11.8 Å². The number of carbonyl (C=O) groups excluding carboxylic acids is 1. The van der Waals surface area contributed by atoms with Crippen LogP contribution in [0.15, 0.2) is 67.0 Å². The Kier molecular flexibility index (Phi) is 5.76. The molecule has 158 valence electrons. The van der Waals surface area contributed by atoms with Crippen LogP contribution in [0.1, 0.15) is 40.3 Å². The van der Waals surface area contributed by atoms with Crippen LogP contribution < -0.4 is 10.1 Å². The maximum Gasteiger partial charge on any atom is 0.225 e. The van der Waals surface area contributed by atoms with Gasteiger partial charge in [-0.2, -0.15) is 0 Å². The van der Waals surface area contributed by atoms with Gasteiger partial charge in [0, 0.05) is 30.4 Å². The second-order valence-corrected chi connectivity index (χ2v) is 7.95. The minimum absolute atomic E-state index is 0.0429. The van der Waals surface area contributed by atoms with E-state index in [2.05, 4.69) is 21.6 Å². The topological polar surface area (TPSA) is 55.6 Å². The number of pyridine rings is 1. The summed E-state index contributed by atoms with van der Waals surface area (Å²) in [5, 5.41) is 3.06. The first-order valence-corrected chi connectivity index (χ1v) is 10.4. The summed E-state index contributed by atoms with van der Waals surface area (Å²) in [6.07, 6.45) is 4.16. The fourth-order valence-corrected chi connectivity index (χ4v) is 3.90. The molecule has 1 N–H and O–H groups in total. The molecule has 1 amide bonds. The van der Waals surface area contributed by atoms with E-state index in [1.165, 1.54) is 5.56 Å². The molecule has 0 radical (unpaired) electrons. The highest BCUT2D eigenvalue weighted by atomic mass is 16.5. The highest BCUT2D eigenvalue weighted by Gasteiger charge is 2.23. The zero-order chi connectivity index (χ0) is 22.0. The van der Waals surface area contributed by atoms with Gasteiger partial charge in [-0.25, -0.2) is 4.98 Å². The van der Waals surface area contributed by atoms with Crippen LogP contribution >= 0.6 is 0 Å². The molecule has 5 nitrogen and oxygen atoms in total. The summed E-state index contributed by atoms with van der Waals surface area (Å²) < 4.78 is 7.50. The summed E-state index contributed by atoms with van der Waals surface area (Å²) in [6, 6.07) is 17.9. The quantitative estimate of drug-likeness (QED) is 0.459. The lowest BCUT2D eigenvalue weighted by Crippen LogP contribution is -2.17. The van der Waals surface area contributed by atoms with Crippen molar-refractivity contribution in [2.75, 3.05) is 12.4 Å². The Morgan fingerprint density at radius 1 is 1.03 bits per heavy atom. The molecule has 0 fully saturated rings. The van der Waals surface area contributed by atoms with Crippen molar-refractivity contribution in [1.29, 1.82) is 0 Å². The average molecular weight is 414 g/mol. The first-order chi connectivity index (χ1) is 15.0. The highest BCUT2D eigenvalue weighted by molar-refractivity contribution is 5.91. The van der Waals surface area contributed by atoms with Crippen molar-refractivity contribution in [2.24, 2.45) is 0 Å². The van der Waals surface area contributed by atoms with Crippen molar-refractivity contribution in [1.82, 2.24) is 9.38 Å². The number of hydrogen-bond donors (Lipinski definition) is 1. The molecule has 0 aliphatic carbocycles. The Bertz CT molecular complexity index is 1240. The van der Waals surface area contributed by atoms with Gasteiger partial charge in [0.15, 0.2) is 0 Å². The summed E-state index contributed by atoms with van der Waals surface area (Å²) in [5.41, 5.74) is 7.15. The van der Waals surface area contributed by atoms with Gasteiger partial charge in [-0.15, -0.1) is 0 Å². The van der Waals surface area contributed by atoms with Crippen LogP contribution in [-0.4, -0.2) is 22.4 Å². The van der Waals surface area contributed by atoms with E-state index in [4.69, 9.17) is 4.74 Å². The van der Waals surface area contributed by atoms with Crippen LogP contribution in [0.4, 0.5) is 5.69 Å². The number of rotatable bonds is 6. The number of carbonyl (C=O) groups is 1. The number of benzene rings is 2. The maximum atomic E-state index is 13.1. The van der Waals surface area contributed by atoms with Crippen molar-refractivity contribution >= 4 is 17.2 Å². The molecule has 0 aliphatic heterocycles. The molecule has 2 aromatic heterocycles. The van der Waals surface area contributed by atoms with Crippen molar-refractivity contribution in [2.45, 2.75) is 33.1 Å². The molecule has 4 rings (SSSR count). The number of nitrogens with zero attached hydrogens (tertiary/aromatic N) is 2. The smallest absolute Gasteiger partial charge is 0.225 e. The second-order valence-electron chi connectivity index (χ2n) is 7.95. The zero-order valence-electron chi connectivity index (χ0n) is 18.3. The summed E-state index contributed by atoms with van der Waals surface area (Å²) >= 11 is 0. The molecule has 2 heterocycles. The minimum atomic E-state index is -0.168. The molecule has 1 atom stereocenters. The Morgan fingerprint density at radius 3 is 2.65 bits per heavy atom. The van der Waals surface area contributed by atoms with Gasteiger partial charge in [0.2, 0.25) is 5.91 Å². The molecule has 0 saturated carbocycles. The van der Waals surface area contributed by atoms with E-state index in [9.17, 15) is 4.79 Å². The number of imidazole rings is 1. The largest absolute Gasteiger partial charge is 0.497 e. The normalized spacial score (nSPS) is 12.0. The molecule has 0 aliphatic rings. The molecule has 31 heavy (non-hydrogen) atoms. The van der Waals surface area contributed by atoms with Crippen molar-refractivity contribution in [3.05, 3.63) is 94.9 Å². The average Bonchev–Trinajstić information content (AvgIpc) is 3.20. The predicted molar refractivity (Wildman–Crippen MR) is 124 cm³/mol. The maximum absolute atomic E-state index is 13.1. The van der Waals surface area contributed by atoms with Crippen LogP contribution in [0.3, 0.4) is 0 Å². The standard InChI is InChI=1S/C26H27N3O2/c1-17-10-11-21(13-19(17)3)28-25(30)15-23(20-8-5-9-22(14-20)31-4)24-16-27-26-18(2)7-6-12-29(24)26/h5-14,16,23H,15H2,1-4H3,(H,28,30). The zero-order valence-corrected chi connectivity index (χ0v) is 18.3. The van der Waals surface area contributed by atoms with Gasteiger partial charge in [-0.05, 0) is 73.4 Å². The molecular formula is C26H27N3O2. The Morgan fingerprint density at radius 2 is 1.87 bits per heavy atom. The summed E-state index contributed by atoms with van der Waals surface area (Å²) in [7, 11) is 1.65. The summed E-state index contributed by atoms with van der Waals surface area (Å²) in [5.74, 6) is 0.555. The van der Waals surface area contributed by atoms with E-state index >= 15 is 0 Å². The van der Waals surface area contributed by atoms with Crippen LogP contribution in [0.2, 0.25) is 0 Å². The molecule has 0 bridgehead atoms. The third-order valence-electron chi connectivity index (χ3n) is 5.79. The molecule has 4 aromatic rings. The molecular weight excluding hydrogens is 386 g/mol. The SMILES string of the molecule is COc1cccc(C(CC(=O)Nc2ccc(C)c(C)c2)c2cnc3c(C)cccn23)c1. The summed E-state index contributed by atoms with van der Waals surface area (Å²) in [6.45, 7) is 6.15. The fraction of sp³-hybridized carbons (Fsp3) is 0.231. The van der Waals surface area contributed by atoms with E-state index in [0.717, 1.165) is 39.5 Å². The lowest BCUT2D eigenvalue weighted by atomic mass is 9.92. The van der Waals surface area contributed by atoms with Crippen LogP contribution in [0, 0.1) is 20.8 Å². The van der Waals surface area contributed by atoms with Gasteiger partial charge in [-0.1, -0.05) is 24.3 Å². The van der Waals surface area contributed by atoms with Gasteiger partial charge in [0.1, 0.15) is 11.4 Å². The molecule has 2 aromatic carbocycles. The Balaban J connectivity index is 1.70. The number of hydrogen-bond acceptors (Lipinski definition) is 3. The molecule has 1 unspecified atom stereocenters. The van der Waals surface area contributed by atoms with Crippen LogP contribution in [0.25, 0.3) is 5.65 Å². The van der Waals surface area contributed by atoms with E-state index in [1.54, 1.807) is 7.11 Å². The number of anilines is 1. The van der Waals surface area contributed by atoms with Crippen LogP contribution in [-0.2, 0) is 4.79 Å². The monoisotopic (exact) mass is 413 g/mol. The minimum Gasteiger partial charge on any atom is -0.497 e. The number of aromatic nitrogens is 2.